The molecular formula is C14H17N3O3. The Labute approximate surface area is 117 Å². The van der Waals surface area contributed by atoms with Crippen molar-refractivity contribution in [2.45, 2.75) is 19.9 Å². The Morgan fingerprint density at radius 2 is 2.15 bits per heavy atom. The molecule has 1 heterocycles. The van der Waals surface area contributed by atoms with Crippen molar-refractivity contribution in [2.75, 3.05) is 18.4 Å². The first kappa shape index (κ1) is 14.0. The van der Waals surface area contributed by atoms with Gasteiger partial charge in [-0.15, -0.1) is 0 Å². The van der Waals surface area contributed by atoms with Crippen LogP contribution in [-0.2, 0) is 9.59 Å². The molecule has 0 saturated carbocycles. The van der Waals surface area contributed by atoms with E-state index in [0.29, 0.717) is 24.3 Å². The Morgan fingerprint density at radius 3 is 2.85 bits per heavy atom. The molecule has 106 valence electrons. The standard InChI is InChI=1S/C14H17N3O3/c1-9-13(19)15-6-7-17(9)14(20)11-4-3-5-12(8-11)16-10(2)18/h3-5,8-9H,6-7H2,1-2H3,(H,15,19)(H,16,18). The zero-order valence-corrected chi connectivity index (χ0v) is 11.5. The highest BCUT2D eigenvalue weighted by atomic mass is 16.2. The van der Waals surface area contributed by atoms with Gasteiger partial charge in [0.2, 0.25) is 11.8 Å². The third kappa shape index (κ3) is 2.96. The summed E-state index contributed by atoms with van der Waals surface area (Å²) < 4.78 is 0. The van der Waals surface area contributed by atoms with E-state index < -0.39 is 6.04 Å². The van der Waals surface area contributed by atoms with Crippen LogP contribution in [0.1, 0.15) is 24.2 Å². The van der Waals surface area contributed by atoms with Crippen molar-refractivity contribution in [3.8, 4) is 0 Å². The van der Waals surface area contributed by atoms with Crippen molar-refractivity contribution in [3.63, 3.8) is 0 Å². The SMILES string of the molecule is CC(=O)Nc1cccc(C(=O)N2CCNC(=O)C2C)c1. The molecule has 1 saturated heterocycles. The molecule has 1 aliphatic rings. The zero-order chi connectivity index (χ0) is 14.7. The van der Waals surface area contributed by atoms with Crippen LogP contribution in [0.2, 0.25) is 0 Å². The molecule has 1 fully saturated rings. The molecule has 2 rings (SSSR count). The number of piperazine rings is 1. The zero-order valence-electron chi connectivity index (χ0n) is 11.5. The molecule has 1 atom stereocenters. The van der Waals surface area contributed by atoms with Gasteiger partial charge in [-0.2, -0.15) is 0 Å². The smallest absolute Gasteiger partial charge is 0.254 e. The van der Waals surface area contributed by atoms with Gasteiger partial charge >= 0.3 is 0 Å². The van der Waals surface area contributed by atoms with E-state index in [1.54, 1.807) is 31.2 Å². The van der Waals surface area contributed by atoms with Crippen LogP contribution in [0, 0.1) is 0 Å². The fraction of sp³-hybridized carbons (Fsp3) is 0.357. The molecule has 1 unspecified atom stereocenters. The van der Waals surface area contributed by atoms with Crippen LogP contribution in [0.3, 0.4) is 0 Å². The van der Waals surface area contributed by atoms with E-state index in [0.717, 1.165) is 0 Å². The lowest BCUT2D eigenvalue weighted by atomic mass is 10.1. The highest BCUT2D eigenvalue weighted by molar-refractivity contribution is 5.99. The summed E-state index contributed by atoms with van der Waals surface area (Å²) in [6.45, 7) is 4.05. The summed E-state index contributed by atoms with van der Waals surface area (Å²) in [5.74, 6) is -0.553. The maximum Gasteiger partial charge on any atom is 0.254 e. The van der Waals surface area contributed by atoms with Crippen molar-refractivity contribution in [3.05, 3.63) is 29.8 Å². The highest BCUT2D eigenvalue weighted by Gasteiger charge is 2.29. The van der Waals surface area contributed by atoms with Gasteiger partial charge in [0.05, 0.1) is 0 Å². The lowest BCUT2D eigenvalue weighted by Gasteiger charge is -2.32. The monoisotopic (exact) mass is 275 g/mol. The molecule has 1 aliphatic heterocycles. The van der Waals surface area contributed by atoms with Gasteiger partial charge in [-0.3, -0.25) is 14.4 Å². The van der Waals surface area contributed by atoms with Gasteiger partial charge in [0.1, 0.15) is 6.04 Å². The third-order valence-corrected chi connectivity index (χ3v) is 3.19. The average molecular weight is 275 g/mol. The Morgan fingerprint density at radius 1 is 1.40 bits per heavy atom. The van der Waals surface area contributed by atoms with Gasteiger partial charge in [0.15, 0.2) is 0 Å². The number of hydrogen-bond donors (Lipinski definition) is 2. The number of carbonyl (C=O) groups is 3. The van der Waals surface area contributed by atoms with Crippen LogP contribution >= 0.6 is 0 Å². The molecule has 1 aromatic rings. The summed E-state index contributed by atoms with van der Waals surface area (Å²) >= 11 is 0. The minimum Gasteiger partial charge on any atom is -0.353 e. The van der Waals surface area contributed by atoms with Gasteiger partial charge in [0.25, 0.3) is 5.91 Å². The summed E-state index contributed by atoms with van der Waals surface area (Å²) in [6.07, 6.45) is 0. The highest BCUT2D eigenvalue weighted by Crippen LogP contribution is 2.15. The normalized spacial score (nSPS) is 18.4. The number of hydrogen-bond acceptors (Lipinski definition) is 3. The molecule has 0 aromatic heterocycles. The van der Waals surface area contributed by atoms with Gasteiger partial charge in [-0.05, 0) is 25.1 Å². The van der Waals surface area contributed by atoms with Crippen LogP contribution in [-0.4, -0.2) is 41.8 Å². The first-order valence-electron chi connectivity index (χ1n) is 6.45. The van der Waals surface area contributed by atoms with Crippen LogP contribution in [0.4, 0.5) is 5.69 Å². The number of benzene rings is 1. The fourth-order valence-electron chi connectivity index (χ4n) is 2.16. The molecule has 6 nitrogen and oxygen atoms in total. The number of nitrogens with one attached hydrogen (secondary N) is 2. The molecule has 1 aromatic carbocycles. The summed E-state index contributed by atoms with van der Waals surface area (Å²) in [5.41, 5.74) is 1.02. The largest absolute Gasteiger partial charge is 0.353 e. The Hall–Kier alpha value is -2.37. The minimum atomic E-state index is -0.485. The van der Waals surface area contributed by atoms with Crippen LogP contribution in [0.5, 0.6) is 0 Å². The molecule has 20 heavy (non-hydrogen) atoms. The molecule has 0 bridgehead atoms. The third-order valence-electron chi connectivity index (χ3n) is 3.19. The number of rotatable bonds is 2. The van der Waals surface area contributed by atoms with Gasteiger partial charge in [-0.1, -0.05) is 6.07 Å². The van der Waals surface area contributed by atoms with E-state index >= 15 is 0 Å². The van der Waals surface area contributed by atoms with Crippen LogP contribution < -0.4 is 10.6 Å². The number of carbonyl (C=O) groups excluding carboxylic acids is 3. The van der Waals surface area contributed by atoms with Gasteiger partial charge in [0, 0.05) is 31.3 Å². The lowest BCUT2D eigenvalue weighted by Crippen LogP contribution is -2.55. The topological polar surface area (TPSA) is 78.5 Å². The molecular weight excluding hydrogens is 258 g/mol. The second kappa shape index (κ2) is 5.73. The second-order valence-electron chi connectivity index (χ2n) is 4.73. The fourth-order valence-corrected chi connectivity index (χ4v) is 2.16. The number of anilines is 1. The summed E-state index contributed by atoms with van der Waals surface area (Å²) in [5, 5.41) is 5.35. The second-order valence-corrected chi connectivity index (χ2v) is 4.73. The van der Waals surface area contributed by atoms with Crippen LogP contribution in [0.25, 0.3) is 0 Å². The van der Waals surface area contributed by atoms with Gasteiger partial charge in [-0.25, -0.2) is 0 Å². The van der Waals surface area contributed by atoms with Crippen molar-refractivity contribution in [1.29, 1.82) is 0 Å². The van der Waals surface area contributed by atoms with E-state index in [-0.39, 0.29) is 17.7 Å². The molecule has 0 radical (unpaired) electrons. The molecule has 3 amide bonds. The van der Waals surface area contributed by atoms with Gasteiger partial charge < -0.3 is 15.5 Å². The first-order valence-corrected chi connectivity index (χ1v) is 6.45. The number of nitrogens with zero attached hydrogens (tertiary/aromatic N) is 1. The molecule has 6 heteroatoms. The first-order chi connectivity index (χ1) is 9.49. The Kier molecular flexibility index (Phi) is 4.02. The average Bonchev–Trinajstić information content (AvgIpc) is 2.41. The van der Waals surface area contributed by atoms with E-state index in [4.69, 9.17) is 0 Å². The molecule has 0 spiro atoms. The van der Waals surface area contributed by atoms with E-state index in [1.807, 2.05) is 0 Å². The quantitative estimate of drug-likeness (QED) is 0.830. The summed E-state index contributed by atoms with van der Waals surface area (Å²) in [7, 11) is 0. The number of amides is 3. The maximum atomic E-state index is 12.4. The predicted octanol–water partition coefficient (Wildman–Crippen LogP) is 0.605. The maximum absolute atomic E-state index is 12.4. The van der Waals surface area contributed by atoms with E-state index in [1.165, 1.54) is 11.8 Å². The summed E-state index contributed by atoms with van der Waals surface area (Å²) in [4.78, 5) is 36.6. The molecule has 0 aliphatic carbocycles. The Bertz CT molecular complexity index is 556. The van der Waals surface area contributed by atoms with E-state index in [9.17, 15) is 14.4 Å². The van der Waals surface area contributed by atoms with Crippen molar-refractivity contribution < 1.29 is 14.4 Å². The lowest BCUT2D eigenvalue weighted by molar-refractivity contribution is -0.127. The molecule has 2 N–H and O–H groups in total. The summed E-state index contributed by atoms with van der Waals surface area (Å²) in [6, 6.07) is 6.22. The van der Waals surface area contributed by atoms with Crippen molar-refractivity contribution in [1.82, 2.24) is 10.2 Å². The predicted molar refractivity (Wildman–Crippen MR) is 74.3 cm³/mol. The minimum absolute atomic E-state index is 0.150. The van der Waals surface area contributed by atoms with Crippen LogP contribution in [0.15, 0.2) is 24.3 Å². The van der Waals surface area contributed by atoms with E-state index in [2.05, 4.69) is 10.6 Å². The van der Waals surface area contributed by atoms with Crippen molar-refractivity contribution in [2.24, 2.45) is 0 Å². The van der Waals surface area contributed by atoms with Crippen molar-refractivity contribution >= 4 is 23.4 Å². The Balaban J connectivity index is 2.20.